The van der Waals surface area contributed by atoms with Gasteiger partial charge in [-0.2, -0.15) is 0 Å². The molecule has 10 nitrogen and oxygen atoms in total. The molecule has 4 N–H and O–H groups in total. The van der Waals surface area contributed by atoms with Crippen molar-refractivity contribution in [2.45, 2.75) is 269 Å². The average molecular weight is 867 g/mol. The van der Waals surface area contributed by atoms with Crippen LogP contribution in [-0.2, 0) is 28.5 Å². The van der Waals surface area contributed by atoms with Gasteiger partial charge in [0.05, 0.1) is 13.2 Å². The topological polar surface area (TPSA) is 152 Å². The molecule has 0 aromatic carbocycles. The molecule has 10 heteroatoms. The summed E-state index contributed by atoms with van der Waals surface area (Å²) in [5.74, 6) is -0.808. The van der Waals surface area contributed by atoms with E-state index in [2.05, 4.69) is 38.2 Å². The Bertz CT molecular complexity index is 1050. The second-order valence-corrected chi connectivity index (χ2v) is 17.6. The number of ether oxygens (including phenoxy) is 4. The summed E-state index contributed by atoms with van der Waals surface area (Å²) < 4.78 is 22.2. The number of hydrogen-bond acceptors (Lipinski definition) is 10. The van der Waals surface area contributed by atoms with Crippen LogP contribution in [0.4, 0.5) is 0 Å². The van der Waals surface area contributed by atoms with Gasteiger partial charge in [-0.3, -0.25) is 9.59 Å². The first-order valence-electron chi connectivity index (χ1n) is 25.4. The Morgan fingerprint density at radius 1 is 0.492 bits per heavy atom. The summed E-state index contributed by atoms with van der Waals surface area (Å²) >= 11 is 0. The first kappa shape index (κ1) is 57.2. The molecular weight excluding hydrogens is 773 g/mol. The molecule has 0 spiro atoms. The predicted octanol–water partition coefficient (Wildman–Crippen LogP) is 11.7. The van der Waals surface area contributed by atoms with Gasteiger partial charge in [-0.1, -0.05) is 179 Å². The molecule has 0 aliphatic carbocycles. The standard InChI is InChI=1S/C51H94O10/c1-3-5-7-9-11-13-15-17-19-20-21-22-23-24-26-27-29-31-33-35-37-39-46(53)58-42-44(43-59-51-50(57)49(56)48(55)45(41-52)61-51)60-47(54)40-38-36-34-32-30-28-25-18-16-14-12-10-8-6-4-2/h17-19,25,44-45,48-52,55-57H,3-16,20-24,26-43H2,1-2H3/b19-17+,25-18+/t44-,45-,48+,49?,50?,51-/m0/s1. The first-order valence-corrected chi connectivity index (χ1v) is 25.4. The maximum atomic E-state index is 12.8. The van der Waals surface area contributed by atoms with E-state index in [0.29, 0.717) is 6.42 Å². The zero-order valence-electron chi connectivity index (χ0n) is 39.2. The van der Waals surface area contributed by atoms with Gasteiger partial charge >= 0.3 is 11.9 Å². The smallest absolute Gasteiger partial charge is 0.306 e. The molecular formula is C51H94O10. The number of hydrogen-bond donors (Lipinski definition) is 4. The van der Waals surface area contributed by atoms with Crippen LogP contribution < -0.4 is 0 Å². The minimum Gasteiger partial charge on any atom is -0.462 e. The lowest BCUT2D eigenvalue weighted by molar-refractivity contribution is -0.305. The van der Waals surface area contributed by atoms with Crippen molar-refractivity contribution in [3.8, 4) is 0 Å². The van der Waals surface area contributed by atoms with Crippen molar-refractivity contribution in [3.63, 3.8) is 0 Å². The van der Waals surface area contributed by atoms with E-state index in [1.165, 1.54) is 148 Å². The van der Waals surface area contributed by atoms with E-state index < -0.39 is 49.4 Å². The fraction of sp³-hybridized carbons (Fsp3) is 0.882. The molecule has 0 amide bonds. The van der Waals surface area contributed by atoms with Crippen LogP contribution in [-0.4, -0.2) is 89.0 Å². The van der Waals surface area contributed by atoms with Crippen molar-refractivity contribution >= 4 is 11.9 Å². The second-order valence-electron chi connectivity index (χ2n) is 17.6. The van der Waals surface area contributed by atoms with E-state index in [-0.39, 0.29) is 32.0 Å². The van der Waals surface area contributed by atoms with Crippen molar-refractivity contribution in [3.05, 3.63) is 24.3 Å². The van der Waals surface area contributed by atoms with E-state index in [1.54, 1.807) is 0 Å². The van der Waals surface area contributed by atoms with E-state index in [9.17, 15) is 30.0 Å². The Hall–Kier alpha value is -1.82. The second kappa shape index (κ2) is 42.1. The predicted molar refractivity (Wildman–Crippen MR) is 247 cm³/mol. The van der Waals surface area contributed by atoms with Crippen LogP contribution in [0.3, 0.4) is 0 Å². The highest BCUT2D eigenvalue weighted by Crippen LogP contribution is 2.23. The van der Waals surface area contributed by atoms with Gasteiger partial charge in [0.15, 0.2) is 12.4 Å². The van der Waals surface area contributed by atoms with Crippen LogP contribution >= 0.6 is 0 Å². The van der Waals surface area contributed by atoms with Crippen molar-refractivity contribution < 1.29 is 49.0 Å². The third kappa shape index (κ3) is 33.4. The monoisotopic (exact) mass is 867 g/mol. The molecule has 2 unspecified atom stereocenters. The Morgan fingerprint density at radius 2 is 0.869 bits per heavy atom. The van der Waals surface area contributed by atoms with E-state index in [4.69, 9.17) is 18.9 Å². The molecule has 61 heavy (non-hydrogen) atoms. The number of allylic oxidation sites excluding steroid dienone is 4. The molecule has 0 aromatic rings. The molecule has 0 bridgehead atoms. The summed E-state index contributed by atoms with van der Waals surface area (Å²) in [5, 5.41) is 40.2. The Labute approximate surface area is 373 Å². The van der Waals surface area contributed by atoms with E-state index >= 15 is 0 Å². The first-order chi connectivity index (χ1) is 29.8. The van der Waals surface area contributed by atoms with Gasteiger partial charge in [0, 0.05) is 12.8 Å². The number of esters is 2. The van der Waals surface area contributed by atoms with Crippen LogP contribution in [0.1, 0.15) is 232 Å². The Balaban J connectivity index is 2.25. The van der Waals surface area contributed by atoms with Crippen molar-refractivity contribution in [2.24, 2.45) is 0 Å². The number of carbonyl (C=O) groups is 2. The highest BCUT2D eigenvalue weighted by atomic mass is 16.7. The highest BCUT2D eigenvalue weighted by Gasteiger charge is 2.44. The van der Waals surface area contributed by atoms with Crippen molar-refractivity contribution in [1.29, 1.82) is 0 Å². The van der Waals surface area contributed by atoms with Gasteiger partial charge in [0.25, 0.3) is 0 Å². The van der Waals surface area contributed by atoms with Gasteiger partial charge in [-0.15, -0.1) is 0 Å². The summed E-state index contributed by atoms with van der Waals surface area (Å²) in [6.07, 6.45) is 40.4. The normalized spacial score (nSPS) is 19.9. The van der Waals surface area contributed by atoms with Crippen molar-refractivity contribution in [1.82, 2.24) is 0 Å². The average Bonchev–Trinajstić information content (AvgIpc) is 3.26. The highest BCUT2D eigenvalue weighted by molar-refractivity contribution is 5.70. The van der Waals surface area contributed by atoms with Gasteiger partial charge < -0.3 is 39.4 Å². The summed E-state index contributed by atoms with van der Waals surface area (Å²) in [6, 6.07) is 0. The third-order valence-electron chi connectivity index (χ3n) is 11.8. The van der Waals surface area contributed by atoms with Crippen LogP contribution in [0.15, 0.2) is 24.3 Å². The third-order valence-corrected chi connectivity index (χ3v) is 11.8. The molecule has 0 aromatic heterocycles. The van der Waals surface area contributed by atoms with Gasteiger partial charge in [-0.25, -0.2) is 0 Å². The number of rotatable bonds is 43. The maximum absolute atomic E-state index is 12.8. The summed E-state index contributed by atoms with van der Waals surface area (Å²) in [4.78, 5) is 25.4. The molecule has 0 saturated carbocycles. The fourth-order valence-electron chi connectivity index (χ4n) is 7.77. The minimum atomic E-state index is -1.59. The van der Waals surface area contributed by atoms with Crippen LogP contribution in [0, 0.1) is 0 Å². The molecule has 1 heterocycles. The number of unbranched alkanes of at least 4 members (excludes halogenated alkanes) is 28. The summed E-state index contributed by atoms with van der Waals surface area (Å²) in [6.45, 7) is 3.43. The maximum Gasteiger partial charge on any atom is 0.306 e. The molecule has 358 valence electrons. The molecule has 1 aliphatic rings. The van der Waals surface area contributed by atoms with Gasteiger partial charge in [-0.05, 0) is 64.2 Å². The van der Waals surface area contributed by atoms with E-state index in [1.807, 2.05) is 0 Å². The largest absolute Gasteiger partial charge is 0.462 e. The lowest BCUT2D eigenvalue weighted by Gasteiger charge is -2.39. The number of carbonyl (C=O) groups excluding carboxylic acids is 2. The zero-order valence-corrected chi connectivity index (χ0v) is 39.2. The van der Waals surface area contributed by atoms with Crippen molar-refractivity contribution in [2.75, 3.05) is 19.8 Å². The SMILES string of the molecule is CCCCCCCC/C=C/CCCCCCCCCCCCCC(=O)OC[C@@H](CO[C@H]1O[C@@H](CO)[C@@H](O)C(O)C1O)OC(=O)CCCCCCC/C=C/CCCCCCCC. The fourth-order valence-corrected chi connectivity index (χ4v) is 7.77. The minimum absolute atomic E-state index is 0.218. The quantitative estimate of drug-likeness (QED) is 0.0265. The lowest BCUT2D eigenvalue weighted by atomic mass is 9.99. The molecule has 6 atom stereocenters. The molecule has 1 rings (SSSR count). The lowest BCUT2D eigenvalue weighted by Crippen LogP contribution is -2.59. The number of aliphatic hydroxyl groups is 4. The Kier molecular flexibility index (Phi) is 39.5. The Morgan fingerprint density at radius 3 is 1.28 bits per heavy atom. The summed E-state index contributed by atoms with van der Waals surface area (Å²) in [7, 11) is 0. The van der Waals surface area contributed by atoms with Gasteiger partial charge in [0.1, 0.15) is 31.0 Å². The van der Waals surface area contributed by atoms with Crippen LogP contribution in [0.5, 0.6) is 0 Å². The van der Waals surface area contributed by atoms with E-state index in [0.717, 1.165) is 51.4 Å². The molecule has 0 radical (unpaired) electrons. The molecule has 1 fully saturated rings. The molecule has 1 saturated heterocycles. The molecule has 1 aliphatic heterocycles. The van der Waals surface area contributed by atoms with Gasteiger partial charge in [0.2, 0.25) is 0 Å². The zero-order chi connectivity index (χ0) is 44.4. The number of aliphatic hydroxyl groups excluding tert-OH is 4. The van der Waals surface area contributed by atoms with Crippen LogP contribution in [0.25, 0.3) is 0 Å². The summed E-state index contributed by atoms with van der Waals surface area (Å²) in [5.41, 5.74) is 0. The van der Waals surface area contributed by atoms with Crippen LogP contribution in [0.2, 0.25) is 0 Å².